The van der Waals surface area contributed by atoms with Gasteiger partial charge in [0.25, 0.3) is 0 Å². The van der Waals surface area contributed by atoms with Crippen LogP contribution in [0.1, 0.15) is 12.1 Å². The van der Waals surface area contributed by atoms with E-state index in [4.69, 9.17) is 0 Å². The molecule has 5 aromatic rings. The molecule has 5 aromatic heterocycles. The maximum absolute atomic E-state index is 4.61. The Morgan fingerprint density at radius 2 is 1.93 bits per heavy atom. The average Bonchev–Trinajstić information content (AvgIpc) is 3.52. The maximum atomic E-state index is 4.61. The number of aromatic amines is 2. The summed E-state index contributed by atoms with van der Waals surface area (Å²) in [5, 5.41) is 9.58. The third-order valence-electron chi connectivity index (χ3n) is 5.23. The summed E-state index contributed by atoms with van der Waals surface area (Å²) >= 11 is 0. The maximum Gasteiger partial charge on any atom is 0.181 e. The summed E-state index contributed by atoms with van der Waals surface area (Å²) in [6.45, 7) is 0. The van der Waals surface area contributed by atoms with E-state index < -0.39 is 0 Å². The lowest BCUT2D eigenvalue weighted by Gasteiger charge is -2.00. The van der Waals surface area contributed by atoms with Crippen molar-refractivity contribution in [2.45, 2.75) is 6.42 Å². The Kier molecular flexibility index (Phi) is 3.43. The van der Waals surface area contributed by atoms with Gasteiger partial charge in [-0.2, -0.15) is 5.10 Å². The molecule has 0 aliphatic heterocycles. The summed E-state index contributed by atoms with van der Waals surface area (Å²) in [6, 6.07) is 12.1. The number of H-pyrrole nitrogens is 2. The fourth-order valence-corrected chi connectivity index (χ4v) is 3.83. The number of hydrogen-bond donors (Lipinski definition) is 2. The lowest BCUT2D eigenvalue weighted by atomic mass is 10.1. The highest BCUT2D eigenvalue weighted by Gasteiger charge is 2.16. The molecule has 0 spiro atoms. The van der Waals surface area contributed by atoms with Crippen LogP contribution in [0.25, 0.3) is 50.2 Å². The number of hydrogen-bond acceptors (Lipinski definition) is 4. The first kappa shape index (κ1) is 15.9. The molecular weight excluding hydrogens is 360 g/mol. The number of pyridine rings is 3. The molecule has 0 fully saturated rings. The lowest BCUT2D eigenvalue weighted by molar-refractivity contribution is 1.10. The van der Waals surface area contributed by atoms with E-state index in [1.165, 1.54) is 0 Å². The molecule has 29 heavy (non-hydrogen) atoms. The van der Waals surface area contributed by atoms with E-state index in [0.29, 0.717) is 5.65 Å². The second-order valence-electron chi connectivity index (χ2n) is 7.01. The Hall–Kier alpha value is -4.06. The van der Waals surface area contributed by atoms with E-state index in [9.17, 15) is 0 Å². The van der Waals surface area contributed by atoms with Crippen molar-refractivity contribution < 1.29 is 0 Å². The first-order valence-electron chi connectivity index (χ1n) is 9.47. The monoisotopic (exact) mass is 376 g/mol. The molecular formula is C23H16N6. The predicted octanol–water partition coefficient (Wildman–Crippen LogP) is 4.91. The summed E-state index contributed by atoms with van der Waals surface area (Å²) in [7, 11) is 0. The molecule has 0 aromatic carbocycles. The van der Waals surface area contributed by atoms with Crippen molar-refractivity contribution in [1.82, 2.24) is 30.1 Å². The quantitative estimate of drug-likeness (QED) is 0.469. The second kappa shape index (κ2) is 6.24. The first-order chi connectivity index (χ1) is 14.4. The average molecular weight is 376 g/mol. The SMILES string of the molecule is C1=CC(c2nccc3[nH]c(-c4[nH]nc5ncc(-c6ccccn6)cc45)cc23)=CC1. The van der Waals surface area contributed by atoms with Crippen LogP contribution in [-0.4, -0.2) is 30.1 Å². The van der Waals surface area contributed by atoms with Gasteiger partial charge in [0.1, 0.15) is 0 Å². The molecule has 0 radical (unpaired) electrons. The number of nitrogens with zero attached hydrogens (tertiary/aromatic N) is 4. The van der Waals surface area contributed by atoms with Crippen molar-refractivity contribution in [3.63, 3.8) is 0 Å². The molecule has 0 atom stereocenters. The Morgan fingerprint density at radius 1 is 0.931 bits per heavy atom. The number of rotatable bonds is 3. The van der Waals surface area contributed by atoms with Gasteiger partial charge in [-0.25, -0.2) is 4.98 Å². The topological polar surface area (TPSA) is 83.1 Å². The van der Waals surface area contributed by atoms with Gasteiger partial charge in [0.2, 0.25) is 0 Å². The minimum atomic E-state index is 0.679. The van der Waals surface area contributed by atoms with Gasteiger partial charge in [0, 0.05) is 40.4 Å². The standard InChI is InChI=1S/C23H16N6/c1-2-6-14(5-1)21-16-12-20(27-19(16)8-10-25-21)22-17-11-15(13-26-23(17)29-28-22)18-7-3-4-9-24-18/h1,3-13,27H,2H2,(H,26,28,29). The molecule has 0 saturated heterocycles. The third kappa shape index (κ3) is 2.57. The highest BCUT2D eigenvalue weighted by Crippen LogP contribution is 2.33. The van der Waals surface area contributed by atoms with E-state index in [0.717, 1.165) is 56.6 Å². The van der Waals surface area contributed by atoms with Gasteiger partial charge >= 0.3 is 0 Å². The van der Waals surface area contributed by atoms with Gasteiger partial charge in [0.15, 0.2) is 5.65 Å². The van der Waals surface area contributed by atoms with Crippen molar-refractivity contribution in [2.24, 2.45) is 0 Å². The second-order valence-corrected chi connectivity index (χ2v) is 7.01. The van der Waals surface area contributed by atoms with E-state index >= 15 is 0 Å². The van der Waals surface area contributed by atoms with Crippen molar-refractivity contribution in [3.05, 3.63) is 78.9 Å². The molecule has 6 rings (SSSR count). The largest absolute Gasteiger partial charge is 0.353 e. The number of fused-ring (bicyclic) bond motifs is 2. The van der Waals surface area contributed by atoms with Crippen molar-refractivity contribution >= 4 is 27.5 Å². The fraction of sp³-hybridized carbons (Fsp3) is 0.0435. The van der Waals surface area contributed by atoms with Crippen molar-refractivity contribution in [1.29, 1.82) is 0 Å². The summed E-state index contributed by atoms with van der Waals surface area (Å²) in [4.78, 5) is 17.1. The number of nitrogens with one attached hydrogen (secondary N) is 2. The summed E-state index contributed by atoms with van der Waals surface area (Å²) in [5.41, 5.74) is 7.59. The van der Waals surface area contributed by atoms with E-state index in [1.807, 2.05) is 30.5 Å². The Morgan fingerprint density at radius 3 is 2.79 bits per heavy atom. The molecule has 0 amide bonds. The van der Waals surface area contributed by atoms with Crippen LogP contribution in [0.2, 0.25) is 0 Å². The van der Waals surface area contributed by atoms with Gasteiger partial charge in [-0.05, 0) is 42.3 Å². The Bertz CT molecular complexity index is 1420. The Labute approximate surface area is 166 Å². The minimum Gasteiger partial charge on any atom is -0.353 e. The number of aromatic nitrogens is 6. The van der Waals surface area contributed by atoms with Gasteiger partial charge < -0.3 is 4.98 Å². The van der Waals surface area contributed by atoms with Gasteiger partial charge in [-0.1, -0.05) is 24.3 Å². The highest BCUT2D eigenvalue weighted by atomic mass is 15.2. The minimum absolute atomic E-state index is 0.679. The fourth-order valence-electron chi connectivity index (χ4n) is 3.83. The van der Waals surface area contributed by atoms with E-state index in [2.05, 4.69) is 60.5 Å². The van der Waals surface area contributed by atoms with Gasteiger partial charge in [0.05, 0.1) is 22.8 Å². The molecule has 1 aliphatic rings. The third-order valence-corrected chi connectivity index (χ3v) is 5.23. The summed E-state index contributed by atoms with van der Waals surface area (Å²) in [6.07, 6.45) is 12.9. The molecule has 1 aliphatic carbocycles. The molecule has 5 heterocycles. The zero-order valence-corrected chi connectivity index (χ0v) is 15.4. The molecule has 6 nitrogen and oxygen atoms in total. The van der Waals surface area contributed by atoms with Crippen LogP contribution in [0.4, 0.5) is 0 Å². The smallest absolute Gasteiger partial charge is 0.181 e. The molecule has 6 heteroatoms. The van der Waals surface area contributed by atoms with Gasteiger partial charge in [-0.15, -0.1) is 0 Å². The molecule has 2 N–H and O–H groups in total. The molecule has 0 saturated carbocycles. The van der Waals surface area contributed by atoms with Crippen molar-refractivity contribution in [2.75, 3.05) is 0 Å². The van der Waals surface area contributed by atoms with Crippen LogP contribution in [0.15, 0.2) is 73.2 Å². The zero-order chi connectivity index (χ0) is 19.2. The highest BCUT2D eigenvalue weighted by molar-refractivity contribution is 5.99. The van der Waals surface area contributed by atoms with E-state index in [1.54, 1.807) is 12.4 Å². The molecule has 138 valence electrons. The zero-order valence-electron chi connectivity index (χ0n) is 15.4. The van der Waals surface area contributed by atoms with Gasteiger partial charge in [-0.3, -0.25) is 15.1 Å². The van der Waals surface area contributed by atoms with E-state index in [-0.39, 0.29) is 0 Å². The lowest BCUT2D eigenvalue weighted by Crippen LogP contribution is -1.85. The number of allylic oxidation sites excluding steroid dienone is 4. The van der Waals surface area contributed by atoms with Crippen LogP contribution in [0.3, 0.4) is 0 Å². The van der Waals surface area contributed by atoms with Crippen LogP contribution in [0, 0.1) is 0 Å². The Balaban J connectivity index is 1.52. The summed E-state index contributed by atoms with van der Waals surface area (Å²) in [5.74, 6) is 0. The van der Waals surface area contributed by atoms with Crippen LogP contribution < -0.4 is 0 Å². The molecule has 0 bridgehead atoms. The first-order valence-corrected chi connectivity index (χ1v) is 9.47. The van der Waals surface area contributed by atoms with Crippen LogP contribution in [-0.2, 0) is 0 Å². The van der Waals surface area contributed by atoms with Crippen LogP contribution in [0.5, 0.6) is 0 Å². The summed E-state index contributed by atoms with van der Waals surface area (Å²) < 4.78 is 0. The predicted molar refractivity (Wildman–Crippen MR) is 114 cm³/mol. The van der Waals surface area contributed by atoms with Crippen LogP contribution >= 0.6 is 0 Å². The van der Waals surface area contributed by atoms with Crippen molar-refractivity contribution in [3.8, 4) is 22.6 Å². The normalized spacial score (nSPS) is 13.4. The molecule has 0 unspecified atom stereocenters.